The van der Waals surface area contributed by atoms with Crippen LogP contribution in [-0.2, 0) is 0 Å². The quantitative estimate of drug-likeness (QED) is 0.551. The second kappa shape index (κ2) is 10.9. The van der Waals surface area contributed by atoms with Crippen molar-refractivity contribution in [2.24, 2.45) is 0 Å². The van der Waals surface area contributed by atoms with Gasteiger partial charge < -0.3 is 14.4 Å². The first-order valence-corrected chi connectivity index (χ1v) is 6.18. The second-order valence-electron chi connectivity index (χ2n) is 4.15. The van der Waals surface area contributed by atoms with Gasteiger partial charge >= 0.3 is 11.4 Å². The average molecular weight is 300 g/mol. The molecule has 2 rings (SSSR count). The number of benzene rings is 2. The number of rotatable bonds is 0. The number of hydrogen-bond donors (Lipinski definition) is 0. The summed E-state index contributed by atoms with van der Waals surface area (Å²) in [6.45, 7) is 3.97. The van der Waals surface area contributed by atoms with Crippen molar-refractivity contribution in [3.8, 4) is 0 Å². The van der Waals surface area contributed by atoms with Crippen LogP contribution in [0, 0.1) is 24.6 Å². The van der Waals surface area contributed by atoms with Crippen molar-refractivity contribution in [2.45, 2.75) is 13.8 Å². The Labute approximate surface area is 128 Å². The molecule has 0 saturated heterocycles. The zero-order valence-corrected chi connectivity index (χ0v) is 12.2. The molecule has 0 saturated carbocycles. The normalized spacial score (nSPS) is 8.14. The molecule has 0 spiro atoms. The Morgan fingerprint density at radius 2 is 1.00 bits per heavy atom. The third kappa shape index (κ3) is 10.0. The molecule has 22 heavy (non-hydrogen) atoms. The molecule has 0 bridgehead atoms. The molecule has 0 aliphatic carbocycles. The lowest BCUT2D eigenvalue weighted by molar-refractivity contribution is -0.366. The molecule has 0 aromatic heterocycles. The van der Waals surface area contributed by atoms with E-state index in [0.29, 0.717) is 11.4 Å². The maximum Gasteiger partial charge on any atom is 0.385 e. The van der Waals surface area contributed by atoms with Crippen molar-refractivity contribution in [1.29, 1.82) is 10.8 Å². The Balaban J connectivity index is 0.000000326. The van der Waals surface area contributed by atoms with Crippen LogP contribution >= 0.6 is 0 Å². The van der Waals surface area contributed by atoms with Crippen molar-refractivity contribution in [3.63, 3.8) is 0 Å². The van der Waals surface area contributed by atoms with Crippen LogP contribution in [0.4, 0.5) is 15.7 Å². The lowest BCUT2D eigenvalue weighted by Crippen LogP contribution is -2.39. The van der Waals surface area contributed by atoms with Gasteiger partial charge in [-0.05, 0) is 13.8 Å². The van der Waals surface area contributed by atoms with Gasteiger partial charge in [-0.25, -0.2) is 0 Å². The van der Waals surface area contributed by atoms with Crippen LogP contribution in [0.15, 0.2) is 48.5 Å². The van der Waals surface area contributed by atoms with Crippen LogP contribution in [-0.4, -0.2) is 7.40 Å². The van der Waals surface area contributed by atoms with Gasteiger partial charge in [0.1, 0.15) is 7.40 Å². The van der Waals surface area contributed by atoms with E-state index < -0.39 is 7.40 Å². The summed E-state index contributed by atoms with van der Waals surface area (Å²) >= 11 is 0. The lowest BCUT2D eigenvalue weighted by atomic mass is 10.2. The van der Waals surface area contributed by atoms with E-state index in [1.165, 1.54) is 11.1 Å². The molecule has 0 unspecified atom stereocenters. The van der Waals surface area contributed by atoms with Crippen LogP contribution < -0.4 is 10.0 Å². The van der Waals surface area contributed by atoms with E-state index in [9.17, 15) is 4.32 Å². The summed E-state index contributed by atoms with van der Waals surface area (Å²) in [6, 6.07) is 14.6. The van der Waals surface area contributed by atoms with Gasteiger partial charge in [0.2, 0.25) is 10.8 Å². The highest BCUT2D eigenvalue weighted by Crippen LogP contribution is 2.11. The molecule has 0 atom stereocenters. The molecular formula is C14H14BFN4O2. The molecule has 0 heterocycles. The summed E-state index contributed by atoms with van der Waals surface area (Å²) in [5, 5.41) is 33.1. The molecule has 8 heteroatoms. The molecule has 112 valence electrons. The molecule has 0 amide bonds. The fourth-order valence-corrected chi connectivity index (χ4v) is 1.22. The maximum absolute atomic E-state index is 9.89. The lowest BCUT2D eigenvalue weighted by Gasteiger charge is -2.09. The third-order valence-corrected chi connectivity index (χ3v) is 2.30. The summed E-state index contributed by atoms with van der Waals surface area (Å²) in [7, 11) is -3.17. The SMILES string of the molecule is Cc1ccc([N+]#N)cc1.Cc1ccc([N+]#N)cc1.[O-]B([O-])F. The molecular weight excluding hydrogens is 286 g/mol. The topological polar surface area (TPSA) is 102 Å². The van der Waals surface area contributed by atoms with Crippen molar-refractivity contribution in [1.82, 2.24) is 0 Å². The molecule has 2 aromatic rings. The van der Waals surface area contributed by atoms with E-state index in [1.807, 2.05) is 38.1 Å². The number of diazo groups is 2. The van der Waals surface area contributed by atoms with Crippen LogP contribution in [0.5, 0.6) is 0 Å². The molecule has 0 N–H and O–H groups in total. The number of halogens is 1. The van der Waals surface area contributed by atoms with E-state index >= 15 is 0 Å². The predicted molar refractivity (Wildman–Crippen MR) is 78.7 cm³/mol. The van der Waals surface area contributed by atoms with E-state index in [0.717, 1.165) is 0 Å². The molecule has 2 aromatic carbocycles. The summed E-state index contributed by atoms with van der Waals surface area (Å²) in [5.74, 6) is 0. The fourth-order valence-electron chi connectivity index (χ4n) is 1.22. The van der Waals surface area contributed by atoms with Crippen molar-refractivity contribution >= 4 is 18.8 Å². The Bertz CT molecular complexity index is 576. The zero-order valence-electron chi connectivity index (χ0n) is 12.2. The van der Waals surface area contributed by atoms with Gasteiger partial charge in [0.05, 0.1) is 0 Å². The first-order chi connectivity index (χ1) is 10.4. The number of hydrogen-bond acceptors (Lipinski definition) is 4. The summed E-state index contributed by atoms with van der Waals surface area (Å²) in [5.41, 5.74) is 3.53. The van der Waals surface area contributed by atoms with Crippen molar-refractivity contribution in [3.05, 3.63) is 69.6 Å². The molecule has 0 aliphatic rings. The largest absolute Gasteiger partial charge is 0.867 e. The van der Waals surface area contributed by atoms with Gasteiger partial charge in [-0.1, -0.05) is 35.4 Å². The molecule has 6 nitrogen and oxygen atoms in total. The highest BCUT2D eigenvalue weighted by atomic mass is 19.1. The smallest absolute Gasteiger partial charge is 0.385 e. The van der Waals surface area contributed by atoms with Crippen LogP contribution in [0.3, 0.4) is 0 Å². The molecule has 0 fully saturated rings. The van der Waals surface area contributed by atoms with Gasteiger partial charge in [-0.2, -0.15) is 0 Å². The predicted octanol–water partition coefficient (Wildman–Crippen LogP) is 2.62. The minimum Gasteiger partial charge on any atom is -0.867 e. The molecule has 0 aliphatic heterocycles. The van der Waals surface area contributed by atoms with Crippen molar-refractivity contribution in [2.75, 3.05) is 0 Å². The second-order valence-corrected chi connectivity index (χ2v) is 4.15. The van der Waals surface area contributed by atoms with Crippen LogP contribution in [0.25, 0.3) is 9.95 Å². The zero-order chi connectivity index (χ0) is 17.0. The first kappa shape index (κ1) is 19.2. The van der Waals surface area contributed by atoms with Gasteiger partial charge in [0.25, 0.3) is 0 Å². The fraction of sp³-hybridized carbons (Fsp3) is 0.143. The van der Waals surface area contributed by atoms with Gasteiger partial charge in [0, 0.05) is 24.3 Å². The Kier molecular flexibility index (Phi) is 9.53. The van der Waals surface area contributed by atoms with Gasteiger partial charge in [-0.15, -0.1) is 0 Å². The van der Waals surface area contributed by atoms with Crippen LogP contribution in [0.2, 0.25) is 0 Å². The van der Waals surface area contributed by atoms with E-state index in [1.54, 1.807) is 24.3 Å². The number of aryl methyl sites for hydroxylation is 2. The summed E-state index contributed by atoms with van der Waals surface area (Å²) in [4.78, 5) is 6.02. The van der Waals surface area contributed by atoms with Gasteiger partial charge in [0.15, 0.2) is 9.95 Å². The minimum atomic E-state index is -3.17. The van der Waals surface area contributed by atoms with E-state index in [4.69, 9.17) is 20.8 Å². The van der Waals surface area contributed by atoms with Crippen LogP contribution in [0.1, 0.15) is 11.1 Å². The van der Waals surface area contributed by atoms with E-state index in [2.05, 4.69) is 9.95 Å². The van der Waals surface area contributed by atoms with Crippen molar-refractivity contribution < 1.29 is 14.4 Å². The average Bonchev–Trinajstić information content (AvgIpc) is 2.49. The standard InChI is InChI=1S/2C7H7N2.BFO2/c2*1-6-2-4-7(9-8)5-3-6;2-1(3)4/h2*2-5H,1H3;/q2*+1;-2. The molecule has 0 radical (unpaired) electrons. The Morgan fingerprint density at radius 3 is 1.18 bits per heavy atom. The first-order valence-electron chi connectivity index (χ1n) is 6.18. The highest BCUT2D eigenvalue weighted by molar-refractivity contribution is 6.27. The van der Waals surface area contributed by atoms with Gasteiger partial charge in [-0.3, -0.25) is 0 Å². The minimum absolute atomic E-state index is 0.598. The highest BCUT2D eigenvalue weighted by Gasteiger charge is 1.99. The number of nitrogens with zero attached hydrogens (tertiary/aromatic N) is 4. The Morgan fingerprint density at radius 1 is 0.773 bits per heavy atom. The Hall–Kier alpha value is -2.81. The maximum atomic E-state index is 9.89. The van der Waals surface area contributed by atoms with E-state index in [-0.39, 0.29) is 0 Å². The summed E-state index contributed by atoms with van der Waals surface area (Å²) in [6.07, 6.45) is 0. The summed E-state index contributed by atoms with van der Waals surface area (Å²) < 4.78 is 9.89. The monoisotopic (exact) mass is 300 g/mol. The third-order valence-electron chi connectivity index (χ3n) is 2.30.